The predicted molar refractivity (Wildman–Crippen MR) is 76.5 cm³/mol. The highest BCUT2D eigenvalue weighted by molar-refractivity contribution is 9.10. The van der Waals surface area contributed by atoms with Crippen molar-refractivity contribution in [1.82, 2.24) is 5.32 Å². The summed E-state index contributed by atoms with van der Waals surface area (Å²) in [7, 11) is 0. The standard InChI is InChI=1S/C14H18BrNO2/c1-3-7-18-14-6-5-12(15)8-11(14)9-16-13(4-2)10-17/h1,5-6,8,13,16-17H,4,7,9-10H2,2H3/t13-/m0/s1. The van der Waals surface area contributed by atoms with Gasteiger partial charge in [0.25, 0.3) is 0 Å². The van der Waals surface area contributed by atoms with Gasteiger partial charge in [0, 0.05) is 22.6 Å². The highest BCUT2D eigenvalue weighted by atomic mass is 79.9. The van der Waals surface area contributed by atoms with Gasteiger partial charge in [-0.05, 0) is 24.6 Å². The number of halogens is 1. The molecule has 18 heavy (non-hydrogen) atoms. The molecule has 4 heteroatoms. The van der Waals surface area contributed by atoms with E-state index in [1.165, 1.54) is 0 Å². The summed E-state index contributed by atoms with van der Waals surface area (Å²) in [4.78, 5) is 0. The van der Waals surface area contributed by atoms with Crippen LogP contribution in [0.4, 0.5) is 0 Å². The van der Waals surface area contributed by atoms with E-state index in [-0.39, 0.29) is 19.3 Å². The zero-order valence-corrected chi connectivity index (χ0v) is 12.0. The molecular formula is C14H18BrNO2. The molecule has 1 rings (SSSR count). The molecule has 1 aromatic rings. The van der Waals surface area contributed by atoms with Crippen molar-refractivity contribution in [3.63, 3.8) is 0 Å². The number of ether oxygens (including phenoxy) is 1. The quantitative estimate of drug-likeness (QED) is 0.759. The number of hydrogen-bond acceptors (Lipinski definition) is 3. The Labute approximate surface area is 117 Å². The molecule has 0 saturated heterocycles. The van der Waals surface area contributed by atoms with E-state index in [0.29, 0.717) is 6.54 Å². The molecule has 0 fully saturated rings. The summed E-state index contributed by atoms with van der Waals surface area (Å²) in [6.45, 7) is 3.06. The van der Waals surface area contributed by atoms with Crippen molar-refractivity contribution < 1.29 is 9.84 Å². The Balaban J connectivity index is 2.72. The molecule has 1 aromatic carbocycles. The smallest absolute Gasteiger partial charge is 0.148 e. The fourth-order valence-corrected chi connectivity index (χ4v) is 1.95. The molecule has 0 unspecified atom stereocenters. The van der Waals surface area contributed by atoms with E-state index in [1.54, 1.807) is 0 Å². The number of aliphatic hydroxyl groups is 1. The maximum absolute atomic E-state index is 9.14. The Bertz CT molecular complexity index is 411. The molecule has 0 aromatic heterocycles. The summed E-state index contributed by atoms with van der Waals surface area (Å²) in [6.07, 6.45) is 6.07. The van der Waals surface area contributed by atoms with Gasteiger partial charge in [-0.2, -0.15) is 0 Å². The molecule has 0 saturated carbocycles. The summed E-state index contributed by atoms with van der Waals surface area (Å²) in [6, 6.07) is 5.89. The van der Waals surface area contributed by atoms with Crippen LogP contribution in [0.1, 0.15) is 18.9 Å². The summed E-state index contributed by atoms with van der Waals surface area (Å²) in [5, 5.41) is 12.4. The van der Waals surface area contributed by atoms with Gasteiger partial charge in [0.15, 0.2) is 0 Å². The largest absolute Gasteiger partial charge is 0.481 e. The Hall–Kier alpha value is -1.02. The second kappa shape index (κ2) is 8.15. The van der Waals surface area contributed by atoms with E-state index < -0.39 is 0 Å². The Kier molecular flexibility index (Phi) is 6.81. The van der Waals surface area contributed by atoms with Crippen molar-refractivity contribution in [2.75, 3.05) is 13.2 Å². The zero-order chi connectivity index (χ0) is 13.4. The average molecular weight is 312 g/mol. The maximum atomic E-state index is 9.14. The third kappa shape index (κ3) is 4.69. The summed E-state index contributed by atoms with van der Waals surface area (Å²) in [5.74, 6) is 3.23. The third-order valence-electron chi connectivity index (χ3n) is 2.63. The first-order valence-electron chi connectivity index (χ1n) is 5.90. The van der Waals surface area contributed by atoms with Crippen LogP contribution in [0.25, 0.3) is 0 Å². The van der Waals surface area contributed by atoms with Crippen LogP contribution in [0.5, 0.6) is 5.75 Å². The van der Waals surface area contributed by atoms with Crippen LogP contribution in [-0.2, 0) is 6.54 Å². The second-order valence-corrected chi connectivity index (χ2v) is 4.83. The summed E-state index contributed by atoms with van der Waals surface area (Å²) >= 11 is 3.43. The normalized spacial score (nSPS) is 11.9. The number of aliphatic hydroxyl groups excluding tert-OH is 1. The minimum Gasteiger partial charge on any atom is -0.481 e. The van der Waals surface area contributed by atoms with Gasteiger partial charge in [-0.1, -0.05) is 28.8 Å². The molecule has 0 spiro atoms. The van der Waals surface area contributed by atoms with Crippen LogP contribution in [0, 0.1) is 12.3 Å². The van der Waals surface area contributed by atoms with Crippen molar-refractivity contribution >= 4 is 15.9 Å². The number of benzene rings is 1. The van der Waals surface area contributed by atoms with Gasteiger partial charge in [0.05, 0.1) is 6.61 Å². The van der Waals surface area contributed by atoms with Crippen molar-refractivity contribution in [2.45, 2.75) is 25.9 Å². The van der Waals surface area contributed by atoms with E-state index in [4.69, 9.17) is 16.3 Å². The minimum absolute atomic E-state index is 0.101. The Morgan fingerprint density at radius 3 is 2.94 bits per heavy atom. The molecule has 98 valence electrons. The third-order valence-corrected chi connectivity index (χ3v) is 3.12. The molecule has 0 amide bonds. The zero-order valence-electron chi connectivity index (χ0n) is 10.4. The van der Waals surface area contributed by atoms with Gasteiger partial charge >= 0.3 is 0 Å². The monoisotopic (exact) mass is 311 g/mol. The molecule has 0 bridgehead atoms. The Morgan fingerprint density at radius 2 is 2.33 bits per heavy atom. The first kappa shape index (κ1) is 15.0. The topological polar surface area (TPSA) is 41.5 Å². The van der Waals surface area contributed by atoms with Gasteiger partial charge < -0.3 is 15.2 Å². The fourth-order valence-electron chi connectivity index (χ4n) is 1.54. The van der Waals surface area contributed by atoms with Crippen LogP contribution >= 0.6 is 15.9 Å². The van der Waals surface area contributed by atoms with E-state index in [9.17, 15) is 0 Å². The van der Waals surface area contributed by atoms with Crippen molar-refractivity contribution in [3.8, 4) is 18.1 Å². The summed E-state index contributed by atoms with van der Waals surface area (Å²) < 4.78 is 6.47. The molecule has 0 aliphatic carbocycles. The summed E-state index contributed by atoms with van der Waals surface area (Å²) in [5.41, 5.74) is 1.02. The van der Waals surface area contributed by atoms with Crippen molar-refractivity contribution in [1.29, 1.82) is 0 Å². The van der Waals surface area contributed by atoms with Crippen LogP contribution < -0.4 is 10.1 Å². The number of terminal acetylenes is 1. The van der Waals surface area contributed by atoms with E-state index in [0.717, 1.165) is 22.2 Å². The first-order chi connectivity index (χ1) is 8.71. The SMILES string of the molecule is C#CCOc1ccc(Br)cc1CN[C@@H](CC)CO. The molecular weight excluding hydrogens is 294 g/mol. The molecule has 0 aliphatic heterocycles. The van der Waals surface area contributed by atoms with Gasteiger partial charge in [0.2, 0.25) is 0 Å². The van der Waals surface area contributed by atoms with Crippen LogP contribution in [0.3, 0.4) is 0 Å². The highest BCUT2D eigenvalue weighted by Gasteiger charge is 2.08. The minimum atomic E-state index is 0.101. The molecule has 1 atom stereocenters. The van der Waals surface area contributed by atoms with Gasteiger partial charge in [-0.15, -0.1) is 6.42 Å². The van der Waals surface area contributed by atoms with Crippen LogP contribution in [0.15, 0.2) is 22.7 Å². The van der Waals surface area contributed by atoms with E-state index in [2.05, 4.69) is 27.2 Å². The van der Waals surface area contributed by atoms with Crippen molar-refractivity contribution in [2.24, 2.45) is 0 Å². The highest BCUT2D eigenvalue weighted by Crippen LogP contribution is 2.23. The van der Waals surface area contributed by atoms with E-state index >= 15 is 0 Å². The van der Waals surface area contributed by atoms with Gasteiger partial charge in [-0.3, -0.25) is 0 Å². The van der Waals surface area contributed by atoms with Crippen molar-refractivity contribution in [3.05, 3.63) is 28.2 Å². The molecule has 0 heterocycles. The molecule has 0 radical (unpaired) electrons. The van der Waals surface area contributed by atoms with Crippen LogP contribution in [0.2, 0.25) is 0 Å². The number of hydrogen-bond donors (Lipinski definition) is 2. The number of rotatable bonds is 7. The molecule has 0 aliphatic rings. The van der Waals surface area contributed by atoms with Gasteiger partial charge in [0.1, 0.15) is 12.4 Å². The predicted octanol–water partition coefficient (Wildman–Crippen LogP) is 2.32. The Morgan fingerprint density at radius 1 is 1.56 bits per heavy atom. The second-order valence-electron chi connectivity index (χ2n) is 3.91. The van der Waals surface area contributed by atoms with E-state index in [1.807, 2.05) is 25.1 Å². The van der Waals surface area contributed by atoms with Crippen LogP contribution in [-0.4, -0.2) is 24.4 Å². The maximum Gasteiger partial charge on any atom is 0.148 e. The lowest BCUT2D eigenvalue weighted by atomic mass is 10.1. The lowest BCUT2D eigenvalue weighted by molar-refractivity contribution is 0.237. The lowest BCUT2D eigenvalue weighted by Crippen LogP contribution is -2.31. The first-order valence-corrected chi connectivity index (χ1v) is 6.69. The van der Waals surface area contributed by atoms with Gasteiger partial charge in [-0.25, -0.2) is 0 Å². The fraction of sp³-hybridized carbons (Fsp3) is 0.429. The molecule has 2 N–H and O–H groups in total. The average Bonchev–Trinajstić information content (AvgIpc) is 2.39. The lowest BCUT2D eigenvalue weighted by Gasteiger charge is -2.16. The molecule has 3 nitrogen and oxygen atoms in total. The number of nitrogens with one attached hydrogen (secondary N) is 1.